The fraction of sp³-hybridized carbons (Fsp3) is 0.400. The van der Waals surface area contributed by atoms with Gasteiger partial charge in [-0.25, -0.2) is 8.42 Å². The Hall–Kier alpha value is -1.71. The van der Waals surface area contributed by atoms with Crippen LogP contribution in [0.25, 0.3) is 0 Å². The van der Waals surface area contributed by atoms with Crippen molar-refractivity contribution in [2.45, 2.75) is 17.7 Å². The van der Waals surface area contributed by atoms with E-state index in [1.54, 1.807) is 0 Å². The Morgan fingerprint density at radius 2 is 1.95 bits per heavy atom. The van der Waals surface area contributed by atoms with E-state index in [2.05, 4.69) is 5.43 Å². The summed E-state index contributed by atoms with van der Waals surface area (Å²) in [6.45, 7) is 0.777. The number of nitro groups is 1. The Morgan fingerprint density at radius 1 is 1.32 bits per heavy atom. The van der Waals surface area contributed by atoms with Crippen molar-refractivity contribution in [3.63, 3.8) is 0 Å². The van der Waals surface area contributed by atoms with Gasteiger partial charge in [0.1, 0.15) is 5.69 Å². The molecule has 0 radical (unpaired) electrons. The first-order valence-corrected chi connectivity index (χ1v) is 7.16. The third-order valence-electron chi connectivity index (χ3n) is 3.02. The van der Waals surface area contributed by atoms with Gasteiger partial charge in [-0.15, -0.1) is 0 Å². The summed E-state index contributed by atoms with van der Waals surface area (Å²) >= 11 is 0. The van der Waals surface area contributed by atoms with E-state index in [1.807, 2.05) is 0 Å². The highest BCUT2D eigenvalue weighted by atomic mass is 32.2. The molecular formula is C10H14N4O4S. The number of sulfonamides is 1. The lowest BCUT2D eigenvalue weighted by atomic mass is 10.3. The van der Waals surface area contributed by atoms with E-state index in [0.717, 1.165) is 12.8 Å². The van der Waals surface area contributed by atoms with E-state index in [9.17, 15) is 18.5 Å². The minimum atomic E-state index is -3.85. The average Bonchev–Trinajstić information content (AvgIpc) is 2.92. The van der Waals surface area contributed by atoms with Gasteiger partial charge in [-0.2, -0.15) is 4.31 Å². The monoisotopic (exact) mass is 286 g/mol. The van der Waals surface area contributed by atoms with Gasteiger partial charge in [-0.1, -0.05) is 6.07 Å². The molecule has 1 aliphatic rings. The molecule has 9 heteroatoms. The zero-order chi connectivity index (χ0) is 14.0. The Balaban J connectivity index is 2.58. The molecule has 104 valence electrons. The quantitative estimate of drug-likeness (QED) is 0.477. The normalized spacial score (nSPS) is 16.5. The van der Waals surface area contributed by atoms with E-state index in [4.69, 9.17) is 5.84 Å². The summed E-state index contributed by atoms with van der Waals surface area (Å²) in [6, 6.07) is 4.01. The highest BCUT2D eigenvalue weighted by Gasteiger charge is 2.34. The van der Waals surface area contributed by atoms with Gasteiger partial charge in [-0.3, -0.25) is 16.0 Å². The number of para-hydroxylation sites is 1. The van der Waals surface area contributed by atoms with Crippen LogP contribution in [0.15, 0.2) is 23.1 Å². The Morgan fingerprint density at radius 3 is 2.47 bits per heavy atom. The van der Waals surface area contributed by atoms with E-state index in [1.165, 1.54) is 22.5 Å². The van der Waals surface area contributed by atoms with Gasteiger partial charge in [0.15, 0.2) is 4.90 Å². The molecule has 1 aromatic carbocycles. The van der Waals surface area contributed by atoms with Crippen LogP contribution in [0.1, 0.15) is 12.8 Å². The molecule has 0 aromatic heterocycles. The molecule has 0 amide bonds. The molecule has 1 fully saturated rings. The maximum absolute atomic E-state index is 12.4. The molecule has 0 aliphatic carbocycles. The number of nitrogens with zero attached hydrogens (tertiary/aromatic N) is 2. The zero-order valence-corrected chi connectivity index (χ0v) is 10.9. The molecule has 1 aliphatic heterocycles. The lowest BCUT2D eigenvalue weighted by Crippen LogP contribution is -2.28. The fourth-order valence-electron chi connectivity index (χ4n) is 2.10. The minimum absolute atomic E-state index is 0.0229. The summed E-state index contributed by atoms with van der Waals surface area (Å²) in [5, 5.41) is 11.1. The van der Waals surface area contributed by atoms with Crippen molar-refractivity contribution in [3.05, 3.63) is 28.3 Å². The largest absolute Gasteiger partial charge is 0.318 e. The maximum Gasteiger partial charge on any atom is 0.313 e. The predicted molar refractivity (Wildman–Crippen MR) is 68.9 cm³/mol. The molecule has 1 aromatic rings. The van der Waals surface area contributed by atoms with Crippen LogP contribution in [0, 0.1) is 10.1 Å². The third-order valence-corrected chi connectivity index (χ3v) is 4.95. The van der Waals surface area contributed by atoms with Gasteiger partial charge in [-0.05, 0) is 25.0 Å². The molecule has 0 atom stereocenters. The summed E-state index contributed by atoms with van der Waals surface area (Å²) < 4.78 is 26.0. The van der Waals surface area contributed by atoms with Crippen molar-refractivity contribution in [1.82, 2.24) is 4.31 Å². The molecule has 0 bridgehead atoms. The lowest BCUT2D eigenvalue weighted by Gasteiger charge is -2.16. The van der Waals surface area contributed by atoms with E-state index < -0.39 is 20.6 Å². The number of rotatable bonds is 4. The molecule has 0 saturated carbocycles. The fourth-order valence-corrected chi connectivity index (χ4v) is 3.80. The van der Waals surface area contributed by atoms with E-state index in [0.29, 0.717) is 13.1 Å². The Labute approximate surface area is 110 Å². The van der Waals surface area contributed by atoms with Crippen LogP contribution >= 0.6 is 0 Å². The highest BCUT2D eigenvalue weighted by molar-refractivity contribution is 7.89. The number of hydrogen-bond acceptors (Lipinski definition) is 6. The summed E-state index contributed by atoms with van der Waals surface area (Å²) in [7, 11) is -3.85. The number of anilines is 1. The van der Waals surface area contributed by atoms with Gasteiger partial charge >= 0.3 is 5.69 Å². The van der Waals surface area contributed by atoms with E-state index in [-0.39, 0.29) is 10.6 Å². The first kappa shape index (κ1) is 13.7. The number of nitrogens with two attached hydrogens (primary N) is 1. The van der Waals surface area contributed by atoms with Gasteiger partial charge in [0.05, 0.1) is 4.92 Å². The molecule has 0 unspecified atom stereocenters. The molecule has 0 spiro atoms. The summed E-state index contributed by atoms with van der Waals surface area (Å²) in [5.74, 6) is 5.19. The second-order valence-electron chi connectivity index (χ2n) is 4.16. The molecule has 3 N–H and O–H groups in total. The van der Waals surface area contributed by atoms with Crippen molar-refractivity contribution in [1.29, 1.82) is 0 Å². The first-order valence-electron chi connectivity index (χ1n) is 5.72. The number of benzene rings is 1. The molecule has 19 heavy (non-hydrogen) atoms. The van der Waals surface area contributed by atoms with Crippen molar-refractivity contribution in [2.75, 3.05) is 18.5 Å². The number of hydrazine groups is 1. The standard InChI is InChI=1S/C10H14N4O4S/c11-12-8-4-3-5-9(10(8)14(15)16)19(17,18)13-6-1-2-7-13/h3-5,12H,1-2,6-7,11H2. The Bertz CT molecular complexity index is 596. The SMILES string of the molecule is NNc1cccc(S(=O)(=O)N2CCCC2)c1[N+](=O)[O-]. The topological polar surface area (TPSA) is 119 Å². The van der Waals surface area contributed by atoms with Crippen molar-refractivity contribution in [2.24, 2.45) is 5.84 Å². The van der Waals surface area contributed by atoms with Crippen LogP contribution in [0.4, 0.5) is 11.4 Å². The zero-order valence-electron chi connectivity index (χ0n) is 10.1. The lowest BCUT2D eigenvalue weighted by molar-refractivity contribution is -0.386. The Kier molecular flexibility index (Phi) is 3.69. The molecule has 1 heterocycles. The summed E-state index contributed by atoms with van der Waals surface area (Å²) in [6.07, 6.45) is 1.53. The molecule has 2 rings (SSSR count). The van der Waals surface area contributed by atoms with Crippen LogP contribution in [0.3, 0.4) is 0 Å². The van der Waals surface area contributed by atoms with E-state index >= 15 is 0 Å². The third kappa shape index (κ3) is 2.39. The summed E-state index contributed by atoms with van der Waals surface area (Å²) in [4.78, 5) is 10.0. The molecule has 8 nitrogen and oxygen atoms in total. The van der Waals surface area contributed by atoms with Crippen molar-refractivity contribution >= 4 is 21.4 Å². The van der Waals surface area contributed by atoms with Crippen LogP contribution in [-0.2, 0) is 10.0 Å². The van der Waals surface area contributed by atoms with Gasteiger partial charge in [0.2, 0.25) is 10.0 Å². The first-order chi connectivity index (χ1) is 8.98. The van der Waals surface area contributed by atoms with Crippen LogP contribution < -0.4 is 11.3 Å². The predicted octanol–water partition coefficient (Wildman–Crippen LogP) is 0.665. The average molecular weight is 286 g/mol. The second-order valence-corrected chi connectivity index (χ2v) is 6.07. The van der Waals surface area contributed by atoms with Crippen LogP contribution in [0.2, 0.25) is 0 Å². The van der Waals surface area contributed by atoms with Crippen LogP contribution in [-0.4, -0.2) is 30.7 Å². The van der Waals surface area contributed by atoms with Crippen molar-refractivity contribution < 1.29 is 13.3 Å². The van der Waals surface area contributed by atoms with Gasteiger partial charge < -0.3 is 5.43 Å². The smallest absolute Gasteiger partial charge is 0.313 e. The van der Waals surface area contributed by atoms with Crippen LogP contribution in [0.5, 0.6) is 0 Å². The second kappa shape index (κ2) is 5.11. The number of hydrogen-bond donors (Lipinski definition) is 2. The molecule has 1 saturated heterocycles. The number of nitrogens with one attached hydrogen (secondary N) is 1. The van der Waals surface area contributed by atoms with Crippen molar-refractivity contribution in [3.8, 4) is 0 Å². The minimum Gasteiger partial charge on any atom is -0.318 e. The maximum atomic E-state index is 12.4. The highest BCUT2D eigenvalue weighted by Crippen LogP contribution is 2.34. The summed E-state index contributed by atoms with van der Waals surface area (Å²) in [5.41, 5.74) is 1.62. The number of nitrogen functional groups attached to an aromatic ring is 1. The van der Waals surface area contributed by atoms with Gasteiger partial charge in [0, 0.05) is 13.1 Å². The van der Waals surface area contributed by atoms with Gasteiger partial charge in [0.25, 0.3) is 0 Å². The number of nitro benzene ring substituents is 1. The molecular weight excluding hydrogens is 272 g/mol.